The summed E-state index contributed by atoms with van der Waals surface area (Å²) in [4.78, 5) is 5.15. The van der Waals surface area contributed by atoms with Gasteiger partial charge in [0, 0.05) is 11.4 Å². The van der Waals surface area contributed by atoms with Crippen LogP contribution in [0.5, 0.6) is 5.75 Å². The summed E-state index contributed by atoms with van der Waals surface area (Å²) in [7, 11) is -3.64. The van der Waals surface area contributed by atoms with Crippen molar-refractivity contribution in [3.63, 3.8) is 0 Å². The van der Waals surface area contributed by atoms with Crippen LogP contribution in [0.3, 0.4) is 0 Å². The van der Waals surface area contributed by atoms with Gasteiger partial charge >= 0.3 is 0 Å². The molecule has 0 aliphatic carbocycles. The van der Waals surface area contributed by atoms with Crippen molar-refractivity contribution < 1.29 is 18.0 Å². The molecule has 128 valence electrons. The first kappa shape index (κ1) is 18.4. The average Bonchev–Trinajstić information content (AvgIpc) is 2.86. The minimum absolute atomic E-state index is 0.00750. The van der Waals surface area contributed by atoms with Crippen molar-refractivity contribution in [3.8, 4) is 5.75 Å². The Morgan fingerprint density at radius 1 is 1.43 bits per heavy atom. The van der Waals surface area contributed by atoms with Gasteiger partial charge in [-0.1, -0.05) is 16.8 Å². The zero-order valence-electron chi connectivity index (χ0n) is 13.2. The second-order valence-corrected chi connectivity index (χ2v) is 8.68. The third-order valence-electron chi connectivity index (χ3n) is 3.27. The van der Waals surface area contributed by atoms with E-state index in [2.05, 4.69) is 5.16 Å². The molecule has 5 nitrogen and oxygen atoms in total. The Kier molecular flexibility index (Phi) is 5.48. The normalized spacial score (nSPS) is 21.2. The van der Waals surface area contributed by atoms with Crippen LogP contribution in [-0.4, -0.2) is 31.0 Å². The van der Waals surface area contributed by atoms with E-state index in [9.17, 15) is 8.42 Å². The van der Waals surface area contributed by atoms with Gasteiger partial charge < -0.3 is 9.57 Å². The molecule has 0 amide bonds. The number of alkyl halides is 1. The van der Waals surface area contributed by atoms with Crippen LogP contribution < -0.4 is 4.74 Å². The molecule has 1 atom stereocenters. The van der Waals surface area contributed by atoms with Gasteiger partial charge in [0.15, 0.2) is 20.5 Å². The Morgan fingerprint density at radius 3 is 2.70 bits per heavy atom. The Morgan fingerprint density at radius 2 is 2.13 bits per heavy atom. The highest BCUT2D eigenvalue weighted by Gasteiger charge is 2.39. The quantitative estimate of drug-likeness (QED) is 0.730. The largest absolute Gasteiger partial charge is 0.491 e. The van der Waals surface area contributed by atoms with Gasteiger partial charge in [0.1, 0.15) is 5.75 Å². The lowest BCUT2D eigenvalue weighted by Crippen LogP contribution is -2.28. The first-order valence-corrected chi connectivity index (χ1v) is 9.70. The molecule has 0 saturated carbocycles. The number of halogens is 2. The summed E-state index contributed by atoms with van der Waals surface area (Å²) in [6.45, 7) is 5.50. The molecule has 8 heteroatoms. The number of hydrogen-bond acceptors (Lipinski definition) is 5. The van der Waals surface area contributed by atoms with Gasteiger partial charge in [-0.05, 0) is 44.5 Å². The van der Waals surface area contributed by atoms with E-state index in [1.54, 1.807) is 25.1 Å². The van der Waals surface area contributed by atoms with Crippen molar-refractivity contribution in [2.45, 2.75) is 44.6 Å². The summed E-state index contributed by atoms with van der Waals surface area (Å²) in [5, 5.41) is 4.06. The fourth-order valence-electron chi connectivity index (χ4n) is 2.08. The predicted molar refractivity (Wildman–Crippen MR) is 92.1 cm³/mol. The lowest BCUT2D eigenvalue weighted by Gasteiger charge is -2.16. The molecular weight excluding hydrogens is 361 g/mol. The number of ether oxygens (including phenoxy) is 1. The van der Waals surface area contributed by atoms with E-state index in [1.807, 2.05) is 13.8 Å². The maximum atomic E-state index is 12.5. The van der Waals surface area contributed by atoms with Crippen molar-refractivity contribution in [1.29, 1.82) is 0 Å². The Hall–Kier alpha value is -0.980. The number of benzene rings is 1. The summed E-state index contributed by atoms with van der Waals surface area (Å²) in [6.07, 6.45) is 0.135. The zero-order chi connectivity index (χ0) is 17.3. The van der Waals surface area contributed by atoms with Gasteiger partial charge in [0.2, 0.25) is 0 Å². The Bertz CT molecular complexity index is 718. The van der Waals surface area contributed by atoms with E-state index in [1.165, 1.54) is 0 Å². The van der Waals surface area contributed by atoms with E-state index in [0.29, 0.717) is 16.3 Å². The SMILES string of the molecule is CC(C)Oc1ccc(Cl)c(CS(=O)(=O)C2=NOC(C)(CCl)C2)c1. The molecule has 1 aliphatic rings. The standard InChI is InChI=1S/C15H19Cl2NO4S/c1-10(2)21-12-4-5-13(17)11(6-12)8-23(19,20)14-7-15(3,9-16)22-18-14/h4-6,10H,7-9H2,1-3H3. The molecule has 0 saturated heterocycles. The van der Waals surface area contributed by atoms with Crippen molar-refractivity contribution in [2.24, 2.45) is 5.16 Å². The second kappa shape index (κ2) is 6.87. The monoisotopic (exact) mass is 379 g/mol. The molecule has 0 spiro atoms. The van der Waals surface area contributed by atoms with Crippen LogP contribution in [0.2, 0.25) is 5.02 Å². The number of hydrogen-bond donors (Lipinski definition) is 0. The summed E-state index contributed by atoms with van der Waals surface area (Å²) in [6, 6.07) is 4.97. The van der Waals surface area contributed by atoms with E-state index in [0.717, 1.165) is 0 Å². The smallest absolute Gasteiger partial charge is 0.199 e. The third kappa shape index (κ3) is 4.52. The van der Waals surface area contributed by atoms with Gasteiger partial charge in [0.05, 0.1) is 17.7 Å². The van der Waals surface area contributed by atoms with Crippen LogP contribution in [0.4, 0.5) is 0 Å². The van der Waals surface area contributed by atoms with Gasteiger partial charge in [-0.3, -0.25) is 0 Å². The zero-order valence-corrected chi connectivity index (χ0v) is 15.5. The number of rotatable bonds is 5. The molecule has 0 radical (unpaired) electrons. The number of sulfone groups is 1. The lowest BCUT2D eigenvalue weighted by molar-refractivity contribution is 0.0152. The van der Waals surface area contributed by atoms with Gasteiger partial charge in [0.25, 0.3) is 0 Å². The van der Waals surface area contributed by atoms with E-state index in [-0.39, 0.29) is 29.2 Å². The molecule has 1 aromatic carbocycles. The average molecular weight is 380 g/mol. The van der Waals surface area contributed by atoms with E-state index in [4.69, 9.17) is 32.8 Å². The number of oxime groups is 1. The molecule has 1 heterocycles. The first-order valence-electron chi connectivity index (χ1n) is 7.14. The molecule has 1 unspecified atom stereocenters. The van der Waals surface area contributed by atoms with Crippen LogP contribution in [0.25, 0.3) is 0 Å². The summed E-state index contributed by atoms with van der Waals surface area (Å²) < 4.78 is 30.7. The van der Waals surface area contributed by atoms with Crippen LogP contribution in [0, 0.1) is 0 Å². The van der Waals surface area contributed by atoms with Gasteiger partial charge in [-0.25, -0.2) is 8.42 Å². The summed E-state index contributed by atoms with van der Waals surface area (Å²) >= 11 is 11.9. The van der Waals surface area contributed by atoms with Crippen LogP contribution in [-0.2, 0) is 20.4 Å². The molecule has 1 aromatic rings. The van der Waals surface area contributed by atoms with Gasteiger partial charge in [-0.15, -0.1) is 11.6 Å². The molecule has 0 fully saturated rings. The Labute approximate surface area is 146 Å². The highest BCUT2D eigenvalue weighted by Crippen LogP contribution is 2.30. The maximum absolute atomic E-state index is 12.5. The van der Waals surface area contributed by atoms with Crippen molar-refractivity contribution >= 4 is 38.1 Å². The van der Waals surface area contributed by atoms with E-state index >= 15 is 0 Å². The van der Waals surface area contributed by atoms with Crippen LogP contribution in [0.15, 0.2) is 23.4 Å². The summed E-state index contributed by atoms with van der Waals surface area (Å²) in [5.74, 6) is 0.472. The fraction of sp³-hybridized carbons (Fsp3) is 0.533. The lowest BCUT2D eigenvalue weighted by atomic mass is 10.1. The first-order chi connectivity index (χ1) is 10.6. The molecule has 0 aromatic heterocycles. The molecule has 2 rings (SSSR count). The summed E-state index contributed by atoms with van der Waals surface area (Å²) in [5.41, 5.74) is -0.317. The molecular formula is C15H19Cl2NO4S. The highest BCUT2D eigenvalue weighted by molar-refractivity contribution is 8.05. The highest BCUT2D eigenvalue weighted by atomic mass is 35.5. The molecule has 23 heavy (non-hydrogen) atoms. The fourth-order valence-corrected chi connectivity index (χ4v) is 3.98. The van der Waals surface area contributed by atoms with Crippen LogP contribution in [0.1, 0.15) is 32.8 Å². The molecule has 0 N–H and O–H groups in total. The van der Waals surface area contributed by atoms with Crippen molar-refractivity contribution in [3.05, 3.63) is 28.8 Å². The van der Waals surface area contributed by atoms with E-state index < -0.39 is 15.4 Å². The van der Waals surface area contributed by atoms with Gasteiger partial charge in [-0.2, -0.15) is 0 Å². The second-order valence-electron chi connectivity index (χ2n) is 6.02. The van der Waals surface area contributed by atoms with Crippen molar-refractivity contribution in [1.82, 2.24) is 0 Å². The van der Waals surface area contributed by atoms with Crippen LogP contribution >= 0.6 is 23.2 Å². The number of nitrogens with zero attached hydrogens (tertiary/aromatic N) is 1. The third-order valence-corrected chi connectivity index (χ3v) is 5.83. The maximum Gasteiger partial charge on any atom is 0.199 e. The predicted octanol–water partition coefficient (Wildman–Crippen LogP) is 3.77. The van der Waals surface area contributed by atoms with Crippen molar-refractivity contribution in [2.75, 3.05) is 5.88 Å². The Balaban J connectivity index is 2.21. The minimum atomic E-state index is -3.64. The topological polar surface area (TPSA) is 65.0 Å². The minimum Gasteiger partial charge on any atom is -0.491 e. The molecule has 1 aliphatic heterocycles. The molecule has 0 bridgehead atoms.